The Kier molecular flexibility index (Phi) is 6.13. The standard InChI is InChI=1S/C21H25N3O4/c1-3-28-19(25)7-5-16(11-14-8-9-22-20(14)26)23-21(27)18-12-15-10-13(2)4-6-17(15)24-18/h4-7,10,12,14,16,24H,3,8-9,11H2,1-2H3,(H,22,26)(H,23,27)/b7-5+. The van der Waals surface area contributed by atoms with Gasteiger partial charge in [0.2, 0.25) is 5.91 Å². The van der Waals surface area contributed by atoms with E-state index in [9.17, 15) is 14.4 Å². The van der Waals surface area contributed by atoms with Crippen molar-refractivity contribution in [2.24, 2.45) is 5.92 Å². The van der Waals surface area contributed by atoms with Gasteiger partial charge < -0.3 is 20.4 Å². The molecule has 7 nitrogen and oxygen atoms in total. The Labute approximate surface area is 163 Å². The maximum Gasteiger partial charge on any atom is 0.330 e. The average Bonchev–Trinajstić information content (AvgIpc) is 3.25. The van der Waals surface area contributed by atoms with Gasteiger partial charge in [-0.25, -0.2) is 4.79 Å². The van der Waals surface area contributed by atoms with Crippen LogP contribution < -0.4 is 10.6 Å². The number of carbonyl (C=O) groups is 3. The van der Waals surface area contributed by atoms with Crippen LogP contribution in [-0.4, -0.2) is 42.0 Å². The summed E-state index contributed by atoms with van der Waals surface area (Å²) in [5.74, 6) is -0.975. The van der Waals surface area contributed by atoms with Gasteiger partial charge in [-0.05, 0) is 44.9 Å². The minimum absolute atomic E-state index is 0.0233. The summed E-state index contributed by atoms with van der Waals surface area (Å²) in [5.41, 5.74) is 2.43. The number of rotatable bonds is 7. The monoisotopic (exact) mass is 383 g/mol. The number of nitrogens with one attached hydrogen (secondary N) is 3. The van der Waals surface area contributed by atoms with Crippen LogP contribution in [0.2, 0.25) is 0 Å². The minimum Gasteiger partial charge on any atom is -0.463 e. The van der Waals surface area contributed by atoms with Crippen molar-refractivity contribution in [3.05, 3.63) is 47.7 Å². The predicted molar refractivity (Wildman–Crippen MR) is 106 cm³/mol. The fourth-order valence-electron chi connectivity index (χ4n) is 3.37. The first kappa shape index (κ1) is 19.7. The van der Waals surface area contributed by atoms with Gasteiger partial charge in [0.05, 0.1) is 6.61 Å². The molecule has 1 aromatic carbocycles. The lowest BCUT2D eigenvalue weighted by Crippen LogP contribution is -2.36. The number of hydrogen-bond acceptors (Lipinski definition) is 4. The smallest absolute Gasteiger partial charge is 0.330 e. The zero-order valence-corrected chi connectivity index (χ0v) is 16.1. The van der Waals surface area contributed by atoms with Crippen molar-refractivity contribution in [2.75, 3.05) is 13.2 Å². The van der Waals surface area contributed by atoms with E-state index in [1.165, 1.54) is 6.08 Å². The highest BCUT2D eigenvalue weighted by Gasteiger charge is 2.27. The molecule has 3 N–H and O–H groups in total. The van der Waals surface area contributed by atoms with Crippen LogP contribution in [0.3, 0.4) is 0 Å². The van der Waals surface area contributed by atoms with Gasteiger partial charge in [-0.1, -0.05) is 17.7 Å². The number of amides is 2. The summed E-state index contributed by atoms with van der Waals surface area (Å²) in [6.07, 6.45) is 4.03. The number of hydrogen-bond donors (Lipinski definition) is 3. The fraction of sp³-hybridized carbons (Fsp3) is 0.381. The van der Waals surface area contributed by atoms with Gasteiger partial charge in [-0.2, -0.15) is 0 Å². The third-order valence-corrected chi connectivity index (χ3v) is 4.79. The molecule has 28 heavy (non-hydrogen) atoms. The third kappa shape index (κ3) is 4.79. The van der Waals surface area contributed by atoms with Gasteiger partial charge in [0.1, 0.15) is 5.69 Å². The topological polar surface area (TPSA) is 100 Å². The summed E-state index contributed by atoms with van der Waals surface area (Å²) in [4.78, 5) is 39.4. The van der Waals surface area contributed by atoms with Gasteiger partial charge in [-0.3, -0.25) is 9.59 Å². The molecule has 1 aromatic heterocycles. The minimum atomic E-state index is -0.473. The number of ether oxygens (including phenoxy) is 1. The molecule has 2 atom stereocenters. The van der Waals surface area contributed by atoms with Crippen molar-refractivity contribution in [3.63, 3.8) is 0 Å². The second-order valence-electron chi connectivity index (χ2n) is 6.98. The van der Waals surface area contributed by atoms with E-state index >= 15 is 0 Å². The van der Waals surface area contributed by atoms with Crippen LogP contribution in [0.25, 0.3) is 10.9 Å². The SMILES string of the molecule is CCOC(=O)/C=C/C(CC1CCNC1=O)NC(=O)c1cc2cc(C)ccc2[nH]1. The molecule has 7 heteroatoms. The van der Waals surface area contributed by atoms with Crippen LogP contribution in [0.4, 0.5) is 0 Å². The molecular formula is C21H25N3O4. The van der Waals surface area contributed by atoms with Crippen LogP contribution in [0.15, 0.2) is 36.4 Å². The highest BCUT2D eigenvalue weighted by Crippen LogP contribution is 2.19. The van der Waals surface area contributed by atoms with Crippen molar-refractivity contribution in [3.8, 4) is 0 Å². The summed E-state index contributed by atoms with van der Waals surface area (Å²) in [6, 6.07) is 7.25. The molecule has 2 aromatic rings. The molecule has 0 spiro atoms. The van der Waals surface area contributed by atoms with Crippen LogP contribution >= 0.6 is 0 Å². The van der Waals surface area contributed by atoms with Gasteiger partial charge in [0.25, 0.3) is 5.91 Å². The first-order valence-electron chi connectivity index (χ1n) is 9.49. The van der Waals surface area contributed by atoms with Crippen LogP contribution in [-0.2, 0) is 14.3 Å². The van der Waals surface area contributed by atoms with E-state index < -0.39 is 12.0 Å². The maximum atomic E-state index is 12.7. The lowest BCUT2D eigenvalue weighted by molar-refractivity contribution is -0.137. The Hall–Kier alpha value is -3.09. The molecule has 1 saturated heterocycles. The Morgan fingerprint density at radius 1 is 1.36 bits per heavy atom. The van der Waals surface area contributed by atoms with Crippen molar-refractivity contribution in [2.45, 2.75) is 32.7 Å². The van der Waals surface area contributed by atoms with E-state index in [-0.39, 0.29) is 24.3 Å². The molecule has 0 radical (unpaired) electrons. The molecule has 1 aliphatic heterocycles. The number of benzene rings is 1. The Balaban J connectivity index is 1.74. The second-order valence-corrected chi connectivity index (χ2v) is 6.98. The van der Waals surface area contributed by atoms with Crippen LogP contribution in [0.1, 0.15) is 35.8 Å². The predicted octanol–water partition coefficient (Wildman–Crippen LogP) is 2.22. The van der Waals surface area contributed by atoms with Gasteiger partial charge in [0.15, 0.2) is 0 Å². The lowest BCUT2D eigenvalue weighted by Gasteiger charge is -2.17. The number of aryl methyl sites for hydroxylation is 1. The number of aromatic amines is 1. The van der Waals surface area contributed by atoms with E-state index in [1.54, 1.807) is 19.1 Å². The first-order chi connectivity index (χ1) is 13.5. The van der Waals surface area contributed by atoms with Gasteiger partial charge in [0, 0.05) is 35.5 Å². The van der Waals surface area contributed by atoms with Crippen molar-refractivity contribution >= 4 is 28.7 Å². The second kappa shape index (κ2) is 8.73. The van der Waals surface area contributed by atoms with Crippen LogP contribution in [0.5, 0.6) is 0 Å². The largest absolute Gasteiger partial charge is 0.463 e. The molecule has 1 aliphatic rings. The molecule has 1 fully saturated rings. The van der Waals surface area contributed by atoms with Crippen molar-refractivity contribution in [1.82, 2.24) is 15.6 Å². The molecule has 0 bridgehead atoms. The Bertz CT molecular complexity index is 916. The van der Waals surface area contributed by atoms with E-state index in [0.29, 0.717) is 25.1 Å². The molecule has 2 heterocycles. The summed E-state index contributed by atoms with van der Waals surface area (Å²) < 4.78 is 4.90. The first-order valence-corrected chi connectivity index (χ1v) is 9.49. The number of H-pyrrole nitrogens is 1. The molecule has 0 saturated carbocycles. The normalized spacial score (nSPS) is 17.6. The number of esters is 1. The zero-order valence-electron chi connectivity index (χ0n) is 16.1. The molecule has 2 unspecified atom stereocenters. The van der Waals surface area contributed by atoms with E-state index in [1.807, 2.05) is 25.1 Å². The molecule has 148 valence electrons. The maximum absolute atomic E-state index is 12.7. The van der Waals surface area contributed by atoms with E-state index in [4.69, 9.17) is 4.74 Å². The lowest BCUT2D eigenvalue weighted by atomic mass is 9.98. The van der Waals surface area contributed by atoms with Crippen molar-refractivity contribution in [1.29, 1.82) is 0 Å². The van der Waals surface area contributed by atoms with E-state index in [2.05, 4.69) is 15.6 Å². The van der Waals surface area contributed by atoms with Gasteiger partial charge in [-0.15, -0.1) is 0 Å². The number of carbonyl (C=O) groups excluding carboxylic acids is 3. The number of fused-ring (bicyclic) bond motifs is 1. The summed E-state index contributed by atoms with van der Waals surface area (Å²) in [7, 11) is 0. The van der Waals surface area contributed by atoms with Gasteiger partial charge >= 0.3 is 5.97 Å². The third-order valence-electron chi connectivity index (χ3n) is 4.79. The molecule has 2 amide bonds. The average molecular weight is 383 g/mol. The Morgan fingerprint density at radius 2 is 2.18 bits per heavy atom. The summed E-state index contributed by atoms with van der Waals surface area (Å²) in [5, 5.41) is 6.66. The van der Waals surface area contributed by atoms with E-state index in [0.717, 1.165) is 16.5 Å². The highest BCUT2D eigenvalue weighted by atomic mass is 16.5. The Morgan fingerprint density at radius 3 is 2.89 bits per heavy atom. The highest BCUT2D eigenvalue weighted by molar-refractivity contribution is 5.98. The summed E-state index contributed by atoms with van der Waals surface area (Å²) >= 11 is 0. The fourth-order valence-corrected chi connectivity index (χ4v) is 3.37. The molecule has 0 aliphatic carbocycles. The quantitative estimate of drug-likeness (QED) is 0.504. The summed E-state index contributed by atoms with van der Waals surface area (Å²) in [6.45, 7) is 4.63. The number of aromatic nitrogens is 1. The zero-order chi connectivity index (χ0) is 20.1. The molecular weight excluding hydrogens is 358 g/mol. The molecule has 3 rings (SSSR count). The van der Waals surface area contributed by atoms with Crippen molar-refractivity contribution < 1.29 is 19.1 Å². The van der Waals surface area contributed by atoms with Crippen LogP contribution in [0, 0.1) is 12.8 Å².